The number of rotatable bonds is 11. The average molecular weight is 539 g/mol. The maximum Gasteiger partial charge on any atom is 0.193 e. The fraction of sp³-hybridized carbons (Fsp3) is 0.957. The molecule has 6 nitrogen and oxygen atoms in total. The summed E-state index contributed by atoms with van der Waals surface area (Å²) >= 11 is 0. The number of methoxy groups -OCH3 is 1. The van der Waals surface area contributed by atoms with Crippen LogP contribution in [0.4, 0.5) is 0 Å². The van der Waals surface area contributed by atoms with E-state index in [9.17, 15) is 0 Å². The van der Waals surface area contributed by atoms with Crippen molar-refractivity contribution in [3.8, 4) is 0 Å². The number of hydrogen-bond acceptors (Lipinski definition) is 4. The number of piperidine rings is 2. The van der Waals surface area contributed by atoms with Gasteiger partial charge in [0.15, 0.2) is 5.96 Å². The first-order chi connectivity index (χ1) is 14.1. The number of halogens is 1. The number of aliphatic imine (C=N–C) groups is 1. The number of nitrogens with one attached hydrogen (secondary N) is 1. The van der Waals surface area contributed by atoms with Gasteiger partial charge in [-0.2, -0.15) is 0 Å². The van der Waals surface area contributed by atoms with Gasteiger partial charge in [-0.3, -0.25) is 4.99 Å². The third kappa shape index (κ3) is 11.0. The lowest BCUT2D eigenvalue weighted by atomic mass is 9.92. The predicted octanol–water partition coefficient (Wildman–Crippen LogP) is 3.85. The van der Waals surface area contributed by atoms with Crippen LogP contribution in [0.1, 0.15) is 59.3 Å². The van der Waals surface area contributed by atoms with Gasteiger partial charge in [-0.15, -0.1) is 24.0 Å². The normalized spacial score (nSPS) is 24.0. The molecular weight excluding hydrogens is 491 g/mol. The summed E-state index contributed by atoms with van der Waals surface area (Å²) < 4.78 is 11.1. The Morgan fingerprint density at radius 1 is 1.03 bits per heavy atom. The van der Waals surface area contributed by atoms with Crippen molar-refractivity contribution in [2.75, 3.05) is 66.1 Å². The maximum atomic E-state index is 5.99. The third-order valence-corrected chi connectivity index (χ3v) is 6.01. The number of guanidine groups is 1. The van der Waals surface area contributed by atoms with Crippen LogP contribution in [0.3, 0.4) is 0 Å². The molecule has 0 saturated carbocycles. The Labute approximate surface area is 202 Å². The molecule has 2 unspecified atom stereocenters. The maximum absolute atomic E-state index is 5.99. The second-order valence-electron chi connectivity index (χ2n) is 9.05. The molecule has 2 heterocycles. The van der Waals surface area contributed by atoms with Crippen molar-refractivity contribution in [2.24, 2.45) is 16.8 Å². The molecule has 0 spiro atoms. The summed E-state index contributed by atoms with van der Waals surface area (Å²) in [7, 11) is 1.74. The van der Waals surface area contributed by atoms with Gasteiger partial charge in [0.05, 0.1) is 6.10 Å². The molecular formula is C23H47IN4O2. The molecule has 2 rings (SSSR count). The monoisotopic (exact) mass is 538 g/mol. The number of hydrogen-bond donors (Lipinski definition) is 1. The van der Waals surface area contributed by atoms with E-state index in [4.69, 9.17) is 14.5 Å². The molecule has 30 heavy (non-hydrogen) atoms. The van der Waals surface area contributed by atoms with Gasteiger partial charge in [0, 0.05) is 59.6 Å². The highest BCUT2D eigenvalue weighted by atomic mass is 127. The molecule has 2 fully saturated rings. The minimum Gasteiger partial charge on any atom is -0.385 e. The molecule has 0 aromatic rings. The minimum absolute atomic E-state index is 0. The third-order valence-electron chi connectivity index (χ3n) is 6.01. The van der Waals surface area contributed by atoms with Crippen molar-refractivity contribution in [1.82, 2.24) is 15.1 Å². The summed E-state index contributed by atoms with van der Waals surface area (Å²) in [4.78, 5) is 9.98. The topological polar surface area (TPSA) is 49.3 Å². The van der Waals surface area contributed by atoms with Crippen molar-refractivity contribution in [2.45, 2.75) is 65.4 Å². The van der Waals surface area contributed by atoms with Crippen LogP contribution in [0.25, 0.3) is 0 Å². The van der Waals surface area contributed by atoms with Crippen LogP contribution in [-0.2, 0) is 9.47 Å². The van der Waals surface area contributed by atoms with Gasteiger partial charge in [-0.05, 0) is 63.8 Å². The van der Waals surface area contributed by atoms with E-state index in [1.807, 2.05) is 0 Å². The molecule has 0 amide bonds. The van der Waals surface area contributed by atoms with Gasteiger partial charge in [-0.25, -0.2) is 0 Å². The van der Waals surface area contributed by atoms with E-state index in [0.29, 0.717) is 6.10 Å². The standard InChI is InChI=1S/C23H46N4O2.HI/c1-5-24-23(27-13-9-22(10-14-27)29-16-8-15-28-4)25-11-6-7-12-26-18-20(2)17-21(3)19-26;/h20-22H,5-19H2,1-4H3,(H,24,25);1H. The first-order valence-electron chi connectivity index (χ1n) is 12.0. The zero-order valence-corrected chi connectivity index (χ0v) is 22.2. The van der Waals surface area contributed by atoms with Gasteiger partial charge >= 0.3 is 0 Å². The van der Waals surface area contributed by atoms with Crippen LogP contribution in [0.2, 0.25) is 0 Å². The number of nitrogens with zero attached hydrogens (tertiary/aromatic N) is 3. The van der Waals surface area contributed by atoms with E-state index < -0.39 is 0 Å². The number of ether oxygens (including phenoxy) is 2. The lowest BCUT2D eigenvalue weighted by Gasteiger charge is -2.35. The van der Waals surface area contributed by atoms with Crippen LogP contribution in [0, 0.1) is 11.8 Å². The average Bonchev–Trinajstić information content (AvgIpc) is 2.70. The van der Waals surface area contributed by atoms with Crippen molar-refractivity contribution in [3.05, 3.63) is 0 Å². The lowest BCUT2D eigenvalue weighted by molar-refractivity contribution is 0.00990. The van der Waals surface area contributed by atoms with Gasteiger partial charge < -0.3 is 24.6 Å². The summed E-state index contributed by atoms with van der Waals surface area (Å²) in [5, 5.41) is 3.49. The Kier molecular flexibility index (Phi) is 15.4. The first kappa shape index (κ1) is 27.9. The Hall–Kier alpha value is -0.120. The molecule has 2 atom stereocenters. The SMILES string of the molecule is CCNC(=NCCCCN1CC(C)CC(C)C1)N1CCC(OCCCOC)CC1.I. The molecule has 0 bridgehead atoms. The molecule has 1 N–H and O–H groups in total. The summed E-state index contributed by atoms with van der Waals surface area (Å²) in [5.41, 5.74) is 0. The zero-order valence-electron chi connectivity index (χ0n) is 19.9. The van der Waals surface area contributed by atoms with E-state index in [2.05, 4.69) is 35.9 Å². The Morgan fingerprint density at radius 2 is 1.73 bits per heavy atom. The van der Waals surface area contributed by atoms with Gasteiger partial charge in [0.2, 0.25) is 0 Å². The molecule has 0 radical (unpaired) electrons. The second kappa shape index (κ2) is 16.5. The number of likely N-dealkylation sites (tertiary alicyclic amines) is 2. The highest BCUT2D eigenvalue weighted by Gasteiger charge is 2.22. The molecule has 2 saturated heterocycles. The van der Waals surface area contributed by atoms with E-state index in [-0.39, 0.29) is 24.0 Å². The van der Waals surface area contributed by atoms with E-state index in [1.54, 1.807) is 7.11 Å². The Bertz CT molecular complexity index is 448. The van der Waals surface area contributed by atoms with Crippen molar-refractivity contribution >= 4 is 29.9 Å². The molecule has 178 valence electrons. The van der Waals surface area contributed by atoms with Crippen LogP contribution in [0.5, 0.6) is 0 Å². The second-order valence-corrected chi connectivity index (χ2v) is 9.05. The highest BCUT2D eigenvalue weighted by molar-refractivity contribution is 14.0. The highest BCUT2D eigenvalue weighted by Crippen LogP contribution is 2.21. The molecule has 0 aromatic carbocycles. The lowest BCUT2D eigenvalue weighted by Crippen LogP contribution is -2.47. The van der Waals surface area contributed by atoms with Crippen LogP contribution in [-0.4, -0.2) is 88.0 Å². The van der Waals surface area contributed by atoms with E-state index in [1.165, 1.54) is 38.9 Å². The van der Waals surface area contributed by atoms with Gasteiger partial charge in [-0.1, -0.05) is 13.8 Å². The fourth-order valence-corrected chi connectivity index (χ4v) is 4.72. The van der Waals surface area contributed by atoms with Crippen LogP contribution >= 0.6 is 24.0 Å². The van der Waals surface area contributed by atoms with Crippen molar-refractivity contribution in [3.63, 3.8) is 0 Å². The Balaban J connectivity index is 0.00000450. The van der Waals surface area contributed by atoms with Gasteiger partial charge in [0.1, 0.15) is 0 Å². The Morgan fingerprint density at radius 3 is 2.37 bits per heavy atom. The summed E-state index contributed by atoms with van der Waals surface area (Å²) in [6.07, 6.45) is 7.36. The van der Waals surface area contributed by atoms with E-state index >= 15 is 0 Å². The summed E-state index contributed by atoms with van der Waals surface area (Å²) in [6.45, 7) is 16.2. The smallest absolute Gasteiger partial charge is 0.193 e. The molecule has 0 aliphatic carbocycles. The quantitative estimate of drug-likeness (QED) is 0.188. The number of unbranched alkanes of at least 4 members (excludes halogenated alkanes) is 1. The van der Waals surface area contributed by atoms with Crippen LogP contribution in [0.15, 0.2) is 4.99 Å². The zero-order chi connectivity index (χ0) is 20.9. The fourth-order valence-electron chi connectivity index (χ4n) is 4.72. The summed E-state index contributed by atoms with van der Waals surface area (Å²) in [5.74, 6) is 2.79. The largest absolute Gasteiger partial charge is 0.385 e. The molecule has 2 aliphatic rings. The van der Waals surface area contributed by atoms with E-state index in [0.717, 1.165) is 76.5 Å². The molecule has 2 aliphatic heterocycles. The van der Waals surface area contributed by atoms with Crippen molar-refractivity contribution < 1.29 is 9.47 Å². The predicted molar refractivity (Wildman–Crippen MR) is 137 cm³/mol. The molecule has 0 aromatic heterocycles. The minimum atomic E-state index is 0. The van der Waals surface area contributed by atoms with Crippen LogP contribution < -0.4 is 5.32 Å². The van der Waals surface area contributed by atoms with Crippen molar-refractivity contribution in [1.29, 1.82) is 0 Å². The molecule has 7 heteroatoms. The first-order valence-corrected chi connectivity index (χ1v) is 12.0. The summed E-state index contributed by atoms with van der Waals surface area (Å²) in [6, 6.07) is 0. The van der Waals surface area contributed by atoms with Gasteiger partial charge in [0.25, 0.3) is 0 Å².